The van der Waals surface area contributed by atoms with E-state index in [0.717, 1.165) is 5.92 Å². The molecule has 0 nitrogen and oxygen atoms in total. The molecule has 0 heterocycles. The highest BCUT2D eigenvalue weighted by atomic mass is 14.2. The summed E-state index contributed by atoms with van der Waals surface area (Å²) in [5.41, 5.74) is 1.10. The largest absolute Gasteiger partial charge is 0.0654 e. The minimum Gasteiger partial charge on any atom is -0.0654 e. The van der Waals surface area contributed by atoms with Crippen LogP contribution in [0.1, 0.15) is 88.0 Å². The van der Waals surface area contributed by atoms with Crippen molar-refractivity contribution < 1.29 is 0 Å². The van der Waals surface area contributed by atoms with Gasteiger partial charge in [0, 0.05) is 0 Å². The van der Waals surface area contributed by atoms with Crippen LogP contribution in [0.15, 0.2) is 0 Å². The molecule has 0 aliphatic rings. The molecule has 16 heavy (non-hydrogen) atoms. The Kier molecular flexibility index (Phi) is 9.35. The van der Waals surface area contributed by atoms with Gasteiger partial charge >= 0.3 is 0 Å². The van der Waals surface area contributed by atoms with E-state index in [2.05, 4.69) is 62.3 Å². The molecule has 0 N–H and O–H groups in total. The van der Waals surface area contributed by atoms with Gasteiger partial charge in [-0.1, -0.05) is 81.6 Å². The van der Waals surface area contributed by atoms with Crippen molar-refractivity contribution in [3.63, 3.8) is 0 Å². The predicted molar refractivity (Wildman–Crippen MR) is 77.9 cm³/mol. The first kappa shape index (κ1) is 18.4. The zero-order valence-corrected chi connectivity index (χ0v) is 13.4. The van der Waals surface area contributed by atoms with Crippen LogP contribution in [0.4, 0.5) is 0 Å². The quantitative estimate of drug-likeness (QED) is 0.529. The van der Waals surface area contributed by atoms with Gasteiger partial charge < -0.3 is 0 Å². The molecule has 100 valence electrons. The average Bonchev–Trinajstić information content (AvgIpc) is 2.16. The van der Waals surface area contributed by atoms with Crippen molar-refractivity contribution in [3.05, 3.63) is 0 Å². The molecule has 0 amide bonds. The second-order valence-electron chi connectivity index (χ2n) is 6.94. The number of rotatable bonds is 4. The van der Waals surface area contributed by atoms with E-state index < -0.39 is 0 Å². The smallest absolute Gasteiger partial charge is 0.0357 e. The first-order valence-electron chi connectivity index (χ1n) is 7.10. The molecule has 0 aromatic carbocycles. The lowest BCUT2D eigenvalue weighted by atomic mass is 9.81. The molecular weight excluding hydrogens is 192 g/mol. The third-order valence-electron chi connectivity index (χ3n) is 3.97. The topological polar surface area (TPSA) is 0 Å². The molecule has 1 unspecified atom stereocenters. The maximum Gasteiger partial charge on any atom is -0.0357 e. The third-order valence-corrected chi connectivity index (χ3v) is 3.97. The lowest BCUT2D eigenvalue weighted by Gasteiger charge is -2.25. The maximum atomic E-state index is 2.33. The normalized spacial score (nSPS) is 14.1. The molecule has 0 saturated carbocycles. The molecule has 1 atom stereocenters. The Hall–Kier alpha value is 0. The number of hydrogen-bond acceptors (Lipinski definition) is 0. The van der Waals surface area contributed by atoms with Gasteiger partial charge in [-0.15, -0.1) is 0 Å². The Bertz CT molecular complexity index is 145. The summed E-state index contributed by atoms with van der Waals surface area (Å²) in [6, 6.07) is 0. The predicted octanol–water partition coefficient (Wildman–Crippen LogP) is 6.30. The average molecular weight is 228 g/mol. The van der Waals surface area contributed by atoms with Crippen LogP contribution in [0.25, 0.3) is 0 Å². The van der Waals surface area contributed by atoms with E-state index in [4.69, 9.17) is 0 Å². The maximum absolute atomic E-state index is 2.33. The lowest BCUT2D eigenvalue weighted by Crippen LogP contribution is -2.15. The van der Waals surface area contributed by atoms with Gasteiger partial charge in [0.1, 0.15) is 0 Å². The van der Waals surface area contributed by atoms with Gasteiger partial charge in [0.15, 0.2) is 0 Å². The fourth-order valence-corrected chi connectivity index (χ4v) is 1.47. The summed E-state index contributed by atoms with van der Waals surface area (Å²) < 4.78 is 0. The Balaban J connectivity index is 0. The van der Waals surface area contributed by atoms with Crippen LogP contribution < -0.4 is 0 Å². The van der Waals surface area contributed by atoms with Crippen molar-refractivity contribution in [3.8, 4) is 0 Å². The van der Waals surface area contributed by atoms with E-state index >= 15 is 0 Å². The van der Waals surface area contributed by atoms with E-state index in [0.29, 0.717) is 10.8 Å². The molecule has 0 aromatic heterocycles. The molecule has 0 saturated heterocycles. The molecular formula is C16H36. The van der Waals surface area contributed by atoms with Crippen molar-refractivity contribution in [2.24, 2.45) is 16.7 Å². The summed E-state index contributed by atoms with van der Waals surface area (Å²) >= 11 is 0. The standard InChI is InChI=1S/2C8H18/c1-6-7(2)8(3,4)5;1-5-7-8(3,4)6-2/h7H,6H2,1-5H3;5-7H2,1-4H3. The Labute approximate surface area is 105 Å². The van der Waals surface area contributed by atoms with Crippen molar-refractivity contribution in [2.45, 2.75) is 88.0 Å². The first-order chi connectivity index (χ1) is 7.10. The van der Waals surface area contributed by atoms with Crippen molar-refractivity contribution in [1.29, 1.82) is 0 Å². The van der Waals surface area contributed by atoms with Gasteiger partial charge in [-0.2, -0.15) is 0 Å². The summed E-state index contributed by atoms with van der Waals surface area (Å²) in [6.07, 6.45) is 5.29. The fraction of sp³-hybridized carbons (Fsp3) is 1.00. The van der Waals surface area contributed by atoms with E-state index in [-0.39, 0.29) is 0 Å². The summed E-state index contributed by atoms with van der Waals surface area (Å²) in [4.78, 5) is 0. The molecule has 0 spiro atoms. The highest BCUT2D eigenvalue weighted by Gasteiger charge is 2.16. The third kappa shape index (κ3) is 10.5. The Morgan fingerprint density at radius 3 is 1.38 bits per heavy atom. The lowest BCUT2D eigenvalue weighted by molar-refractivity contribution is 0.254. The number of hydrogen-bond donors (Lipinski definition) is 0. The van der Waals surface area contributed by atoms with Crippen LogP contribution in [-0.2, 0) is 0 Å². The highest BCUT2D eigenvalue weighted by molar-refractivity contribution is 4.67. The van der Waals surface area contributed by atoms with Gasteiger partial charge in [-0.05, 0) is 23.2 Å². The Morgan fingerprint density at radius 1 is 0.875 bits per heavy atom. The van der Waals surface area contributed by atoms with Gasteiger partial charge in [0.25, 0.3) is 0 Å². The summed E-state index contributed by atoms with van der Waals surface area (Å²) in [5.74, 6) is 0.850. The Morgan fingerprint density at radius 2 is 1.31 bits per heavy atom. The van der Waals surface area contributed by atoms with Crippen LogP contribution in [0, 0.1) is 16.7 Å². The second kappa shape index (κ2) is 8.14. The van der Waals surface area contributed by atoms with Crippen LogP contribution >= 0.6 is 0 Å². The fourth-order valence-electron chi connectivity index (χ4n) is 1.47. The van der Waals surface area contributed by atoms with Crippen molar-refractivity contribution in [1.82, 2.24) is 0 Å². The van der Waals surface area contributed by atoms with Gasteiger partial charge in [-0.25, -0.2) is 0 Å². The van der Waals surface area contributed by atoms with Crippen LogP contribution in [-0.4, -0.2) is 0 Å². The van der Waals surface area contributed by atoms with Crippen LogP contribution in [0.2, 0.25) is 0 Å². The minimum atomic E-state index is 0.509. The summed E-state index contributed by atoms with van der Waals surface area (Å²) in [5, 5.41) is 0. The van der Waals surface area contributed by atoms with E-state index in [1.54, 1.807) is 0 Å². The SMILES string of the molecule is CCC(C)C(C)(C)C.CCCC(C)(C)CC. The zero-order chi connectivity index (χ0) is 13.4. The van der Waals surface area contributed by atoms with Gasteiger partial charge in [-0.3, -0.25) is 0 Å². The van der Waals surface area contributed by atoms with Crippen LogP contribution in [0.5, 0.6) is 0 Å². The molecule has 0 rings (SSSR count). The summed E-state index contributed by atoms with van der Waals surface area (Å²) in [6.45, 7) is 20.6. The first-order valence-corrected chi connectivity index (χ1v) is 7.10. The molecule has 0 fully saturated rings. The van der Waals surface area contributed by atoms with Crippen molar-refractivity contribution >= 4 is 0 Å². The van der Waals surface area contributed by atoms with Crippen LogP contribution in [0.3, 0.4) is 0 Å². The molecule has 0 aliphatic heterocycles. The van der Waals surface area contributed by atoms with Gasteiger partial charge in [0.05, 0.1) is 0 Å². The molecule has 0 aromatic rings. The summed E-state index contributed by atoms with van der Waals surface area (Å²) in [7, 11) is 0. The highest BCUT2D eigenvalue weighted by Crippen LogP contribution is 2.27. The van der Waals surface area contributed by atoms with E-state index in [1.807, 2.05) is 0 Å². The van der Waals surface area contributed by atoms with E-state index in [9.17, 15) is 0 Å². The minimum absolute atomic E-state index is 0.509. The zero-order valence-electron chi connectivity index (χ0n) is 13.4. The van der Waals surface area contributed by atoms with E-state index in [1.165, 1.54) is 25.7 Å². The molecule has 0 heteroatoms. The molecule has 0 radical (unpaired) electrons. The molecule has 0 aliphatic carbocycles. The second-order valence-corrected chi connectivity index (χ2v) is 6.94. The monoisotopic (exact) mass is 228 g/mol. The van der Waals surface area contributed by atoms with Crippen molar-refractivity contribution in [2.75, 3.05) is 0 Å². The van der Waals surface area contributed by atoms with Gasteiger partial charge in [0.2, 0.25) is 0 Å². The molecule has 0 bridgehead atoms.